The average Bonchev–Trinajstić information content (AvgIpc) is 3.11. The quantitative estimate of drug-likeness (QED) is 0.551. The summed E-state index contributed by atoms with van der Waals surface area (Å²) in [5.74, 6) is 1.01. The molecule has 1 aliphatic rings. The zero-order valence-electron chi connectivity index (χ0n) is 15.4. The summed E-state index contributed by atoms with van der Waals surface area (Å²) >= 11 is 0. The van der Waals surface area contributed by atoms with Gasteiger partial charge in [0.25, 0.3) is 0 Å². The largest absolute Gasteiger partial charge is 0.323 e. The van der Waals surface area contributed by atoms with Crippen LogP contribution in [0, 0.1) is 0 Å². The van der Waals surface area contributed by atoms with Crippen LogP contribution in [0.1, 0.15) is 19.3 Å². The SMILES string of the molecule is c1ccc2c(c1)nc(-c1ccc3nccnc3c1)n2CCN1CCCCC1. The van der Waals surface area contributed by atoms with Crippen molar-refractivity contribution in [3.8, 4) is 11.4 Å². The zero-order valence-corrected chi connectivity index (χ0v) is 15.4. The van der Waals surface area contributed by atoms with Crippen LogP contribution >= 0.6 is 0 Å². The van der Waals surface area contributed by atoms with Gasteiger partial charge in [0.1, 0.15) is 5.82 Å². The lowest BCUT2D eigenvalue weighted by Gasteiger charge is -2.26. The first kappa shape index (κ1) is 16.4. The molecule has 0 aliphatic carbocycles. The lowest BCUT2D eigenvalue weighted by molar-refractivity contribution is 0.222. The van der Waals surface area contributed by atoms with E-state index in [1.165, 1.54) is 37.9 Å². The molecule has 0 saturated carbocycles. The molecule has 136 valence electrons. The summed E-state index contributed by atoms with van der Waals surface area (Å²) in [6.45, 7) is 4.45. The van der Waals surface area contributed by atoms with Crippen molar-refractivity contribution in [1.29, 1.82) is 0 Å². The molecule has 0 spiro atoms. The number of benzene rings is 2. The van der Waals surface area contributed by atoms with Crippen LogP contribution in [0.5, 0.6) is 0 Å². The predicted molar refractivity (Wildman–Crippen MR) is 109 cm³/mol. The molecule has 5 rings (SSSR count). The molecule has 0 N–H and O–H groups in total. The van der Waals surface area contributed by atoms with Gasteiger partial charge in [0.2, 0.25) is 0 Å². The van der Waals surface area contributed by atoms with Crippen LogP contribution in [-0.2, 0) is 6.54 Å². The van der Waals surface area contributed by atoms with E-state index in [9.17, 15) is 0 Å². The highest BCUT2D eigenvalue weighted by molar-refractivity contribution is 5.84. The van der Waals surface area contributed by atoms with E-state index in [0.29, 0.717) is 0 Å². The molecule has 5 nitrogen and oxygen atoms in total. The fourth-order valence-electron chi connectivity index (χ4n) is 4.05. The molecule has 3 heterocycles. The van der Waals surface area contributed by atoms with Crippen molar-refractivity contribution in [3.63, 3.8) is 0 Å². The molecular formula is C22H23N5. The number of imidazole rings is 1. The number of rotatable bonds is 4. The molecule has 5 heteroatoms. The van der Waals surface area contributed by atoms with E-state index in [0.717, 1.165) is 41.0 Å². The molecule has 0 atom stereocenters. The highest BCUT2D eigenvalue weighted by atomic mass is 15.2. The molecule has 2 aromatic heterocycles. The van der Waals surface area contributed by atoms with E-state index in [4.69, 9.17) is 4.98 Å². The Morgan fingerprint density at radius 2 is 1.59 bits per heavy atom. The fraction of sp³-hybridized carbons (Fsp3) is 0.318. The van der Waals surface area contributed by atoms with Gasteiger partial charge in [-0.1, -0.05) is 18.6 Å². The summed E-state index contributed by atoms with van der Waals surface area (Å²) in [5, 5.41) is 0. The zero-order chi connectivity index (χ0) is 18.1. The van der Waals surface area contributed by atoms with Crippen molar-refractivity contribution >= 4 is 22.1 Å². The summed E-state index contributed by atoms with van der Waals surface area (Å²) in [4.78, 5) is 16.4. The normalized spacial score (nSPS) is 15.6. The number of para-hydroxylation sites is 2. The Balaban J connectivity index is 1.55. The molecular weight excluding hydrogens is 334 g/mol. The summed E-state index contributed by atoms with van der Waals surface area (Å²) in [6.07, 6.45) is 7.48. The van der Waals surface area contributed by atoms with Crippen LogP contribution in [0.25, 0.3) is 33.5 Å². The van der Waals surface area contributed by atoms with Crippen molar-refractivity contribution < 1.29 is 0 Å². The summed E-state index contributed by atoms with van der Waals surface area (Å²) in [7, 11) is 0. The Morgan fingerprint density at radius 3 is 2.48 bits per heavy atom. The number of hydrogen-bond acceptors (Lipinski definition) is 4. The minimum absolute atomic E-state index is 0.907. The third-order valence-electron chi connectivity index (χ3n) is 5.47. The van der Waals surface area contributed by atoms with Gasteiger partial charge in [-0.2, -0.15) is 0 Å². The van der Waals surface area contributed by atoms with Crippen LogP contribution in [0.4, 0.5) is 0 Å². The molecule has 2 aromatic carbocycles. The molecule has 0 unspecified atom stereocenters. The van der Waals surface area contributed by atoms with Gasteiger partial charge in [0.15, 0.2) is 0 Å². The Labute approximate surface area is 158 Å². The van der Waals surface area contributed by atoms with Crippen LogP contribution in [0.2, 0.25) is 0 Å². The third kappa shape index (κ3) is 3.19. The number of piperidine rings is 1. The average molecular weight is 357 g/mol. The molecule has 1 fully saturated rings. The Hall–Kier alpha value is -2.79. The van der Waals surface area contributed by atoms with Gasteiger partial charge >= 0.3 is 0 Å². The topological polar surface area (TPSA) is 46.8 Å². The van der Waals surface area contributed by atoms with Crippen LogP contribution < -0.4 is 0 Å². The predicted octanol–water partition coefficient (Wildman–Crippen LogP) is 4.13. The van der Waals surface area contributed by atoms with Gasteiger partial charge in [-0.25, -0.2) is 4.98 Å². The minimum atomic E-state index is 0.907. The van der Waals surface area contributed by atoms with Crippen LogP contribution in [-0.4, -0.2) is 44.1 Å². The van der Waals surface area contributed by atoms with Gasteiger partial charge < -0.3 is 9.47 Å². The molecule has 0 bridgehead atoms. The van der Waals surface area contributed by atoms with Crippen molar-refractivity contribution in [3.05, 3.63) is 54.9 Å². The van der Waals surface area contributed by atoms with E-state index >= 15 is 0 Å². The van der Waals surface area contributed by atoms with E-state index in [1.54, 1.807) is 12.4 Å². The lowest BCUT2D eigenvalue weighted by atomic mass is 10.1. The summed E-state index contributed by atoms with van der Waals surface area (Å²) in [6, 6.07) is 14.7. The van der Waals surface area contributed by atoms with Crippen molar-refractivity contribution in [2.24, 2.45) is 0 Å². The highest BCUT2D eigenvalue weighted by Gasteiger charge is 2.15. The molecule has 27 heavy (non-hydrogen) atoms. The molecule has 0 radical (unpaired) electrons. The maximum Gasteiger partial charge on any atom is 0.141 e. The first-order chi connectivity index (χ1) is 13.4. The second kappa shape index (κ2) is 7.08. The van der Waals surface area contributed by atoms with Gasteiger partial charge in [0, 0.05) is 31.0 Å². The molecule has 0 amide bonds. The first-order valence-corrected chi connectivity index (χ1v) is 9.77. The van der Waals surface area contributed by atoms with Crippen LogP contribution in [0.3, 0.4) is 0 Å². The molecule has 1 aliphatic heterocycles. The standard InChI is InChI=1S/C22H23N5/c1-4-12-26(13-5-1)14-15-27-21-7-3-2-6-19(21)25-22(27)17-8-9-18-20(16-17)24-11-10-23-18/h2-3,6-11,16H,1,4-5,12-15H2. The van der Waals surface area contributed by atoms with E-state index in [2.05, 4.69) is 55.8 Å². The monoisotopic (exact) mass is 357 g/mol. The first-order valence-electron chi connectivity index (χ1n) is 9.77. The number of likely N-dealkylation sites (tertiary alicyclic amines) is 1. The van der Waals surface area contributed by atoms with Crippen LogP contribution in [0.15, 0.2) is 54.9 Å². The molecule has 1 saturated heterocycles. The van der Waals surface area contributed by atoms with Crippen molar-refractivity contribution in [1.82, 2.24) is 24.4 Å². The van der Waals surface area contributed by atoms with Gasteiger partial charge in [0.05, 0.1) is 22.1 Å². The second-order valence-corrected chi connectivity index (χ2v) is 7.24. The number of fused-ring (bicyclic) bond motifs is 2. The Morgan fingerprint density at radius 1 is 0.778 bits per heavy atom. The fourth-order valence-corrected chi connectivity index (χ4v) is 4.05. The van der Waals surface area contributed by atoms with E-state index in [1.807, 2.05) is 6.07 Å². The lowest BCUT2D eigenvalue weighted by Crippen LogP contribution is -2.32. The maximum absolute atomic E-state index is 4.95. The number of nitrogens with zero attached hydrogens (tertiary/aromatic N) is 5. The number of aromatic nitrogens is 4. The summed E-state index contributed by atoms with van der Waals surface area (Å²) in [5.41, 5.74) is 5.16. The van der Waals surface area contributed by atoms with Crippen molar-refractivity contribution in [2.45, 2.75) is 25.8 Å². The second-order valence-electron chi connectivity index (χ2n) is 7.24. The Kier molecular flexibility index (Phi) is 4.30. The van der Waals surface area contributed by atoms with Crippen molar-refractivity contribution in [2.75, 3.05) is 19.6 Å². The number of hydrogen-bond donors (Lipinski definition) is 0. The van der Waals surface area contributed by atoms with E-state index < -0.39 is 0 Å². The van der Waals surface area contributed by atoms with Gasteiger partial charge in [-0.3, -0.25) is 9.97 Å². The van der Waals surface area contributed by atoms with Gasteiger partial charge in [-0.05, 0) is 56.3 Å². The smallest absolute Gasteiger partial charge is 0.141 e. The minimum Gasteiger partial charge on any atom is -0.323 e. The Bertz CT molecular complexity index is 1080. The highest BCUT2D eigenvalue weighted by Crippen LogP contribution is 2.27. The third-order valence-corrected chi connectivity index (χ3v) is 5.47. The van der Waals surface area contributed by atoms with Gasteiger partial charge in [-0.15, -0.1) is 0 Å². The van der Waals surface area contributed by atoms with E-state index in [-0.39, 0.29) is 0 Å². The molecule has 4 aromatic rings. The maximum atomic E-state index is 4.95. The summed E-state index contributed by atoms with van der Waals surface area (Å²) < 4.78 is 2.36.